The van der Waals surface area contributed by atoms with Gasteiger partial charge in [-0.3, -0.25) is 9.80 Å². The monoisotopic (exact) mass is 254 g/mol. The summed E-state index contributed by atoms with van der Waals surface area (Å²) in [5, 5.41) is 10.4. The molecular weight excluding hydrogens is 248 g/mol. The van der Waals surface area contributed by atoms with Gasteiger partial charge in [0.25, 0.3) is 5.56 Å². The molecule has 0 spiro atoms. The first-order chi connectivity index (χ1) is 8.08. The average molecular weight is 255 g/mol. The Morgan fingerprint density at radius 2 is 2.29 bits per heavy atom. The van der Waals surface area contributed by atoms with Gasteiger partial charge in [-0.05, 0) is 0 Å². The van der Waals surface area contributed by atoms with Gasteiger partial charge in [-0.25, -0.2) is 19.4 Å². The highest BCUT2D eigenvalue weighted by molar-refractivity contribution is 6.30. The fourth-order valence-corrected chi connectivity index (χ4v) is 1.46. The molecule has 7 nitrogen and oxygen atoms in total. The topological polar surface area (TPSA) is 87.8 Å². The third-order valence-electron chi connectivity index (χ3n) is 2.02. The van der Waals surface area contributed by atoms with Crippen LogP contribution in [0.15, 0.2) is 33.5 Å². The van der Waals surface area contributed by atoms with Crippen LogP contribution in [0.2, 0.25) is 0 Å². The van der Waals surface area contributed by atoms with Crippen LogP contribution in [0.1, 0.15) is 10.5 Å². The highest BCUT2D eigenvalue weighted by Gasteiger charge is 2.12. The first-order valence-electron chi connectivity index (χ1n) is 4.56. The molecule has 0 amide bonds. The Hall–Kier alpha value is -2.15. The summed E-state index contributed by atoms with van der Waals surface area (Å²) in [6.07, 6.45) is 5.01. The van der Waals surface area contributed by atoms with E-state index in [0.29, 0.717) is 6.54 Å². The smallest absolute Gasteiger partial charge is 0.356 e. The van der Waals surface area contributed by atoms with Crippen molar-refractivity contribution in [3.63, 3.8) is 0 Å². The summed E-state index contributed by atoms with van der Waals surface area (Å²) >= 11 is 5.69. The fourth-order valence-electron chi connectivity index (χ4n) is 1.28. The summed E-state index contributed by atoms with van der Waals surface area (Å²) in [7, 11) is 0. The number of aromatic nitrogens is 2. The molecule has 0 saturated heterocycles. The van der Waals surface area contributed by atoms with Gasteiger partial charge in [-0.15, -0.1) is 0 Å². The zero-order chi connectivity index (χ0) is 12.4. The minimum atomic E-state index is -1.21. The number of rotatable bonds is 2. The molecule has 0 unspecified atom stereocenters. The second-order valence-electron chi connectivity index (χ2n) is 3.15. The highest BCUT2D eigenvalue weighted by atomic mass is 35.5. The maximum atomic E-state index is 11.5. The summed E-state index contributed by atoms with van der Waals surface area (Å²) in [6.45, 7) is 0.319. The normalized spacial score (nSPS) is 14.6. The van der Waals surface area contributed by atoms with Crippen LogP contribution < -0.4 is 10.6 Å². The van der Waals surface area contributed by atoms with E-state index in [4.69, 9.17) is 16.7 Å². The van der Waals surface area contributed by atoms with E-state index in [0.717, 1.165) is 17.1 Å². The molecule has 88 valence electrons. The molecule has 0 atom stereocenters. The fraction of sp³-hybridized carbons (Fsp3) is 0.111. The van der Waals surface area contributed by atoms with Crippen LogP contribution in [-0.2, 0) is 0 Å². The standard InChI is InChI=1S/C9H7ClN4O3/c10-7-5-13(2-1-11-7)14-4-6(9(16)17)12-3-8(14)15/h1,3-5H,2H2,(H,16,17). The Labute approximate surface area is 100 Å². The number of hydrogen-bond donors (Lipinski definition) is 1. The van der Waals surface area contributed by atoms with Gasteiger partial charge in [0.15, 0.2) is 5.69 Å². The zero-order valence-corrected chi connectivity index (χ0v) is 9.20. The average Bonchev–Trinajstić information content (AvgIpc) is 2.29. The predicted molar refractivity (Wildman–Crippen MR) is 61.0 cm³/mol. The zero-order valence-electron chi connectivity index (χ0n) is 8.45. The van der Waals surface area contributed by atoms with Crippen molar-refractivity contribution in [2.75, 3.05) is 11.6 Å². The molecule has 0 aliphatic carbocycles. The molecule has 0 bridgehead atoms. The lowest BCUT2D eigenvalue weighted by Gasteiger charge is -2.22. The van der Waals surface area contributed by atoms with Crippen molar-refractivity contribution in [1.82, 2.24) is 9.66 Å². The largest absolute Gasteiger partial charge is 0.476 e. The van der Waals surface area contributed by atoms with Crippen LogP contribution in [-0.4, -0.2) is 33.5 Å². The molecule has 1 aliphatic rings. The van der Waals surface area contributed by atoms with Crippen LogP contribution in [0.3, 0.4) is 0 Å². The molecular formula is C9H7ClN4O3. The van der Waals surface area contributed by atoms with E-state index < -0.39 is 11.5 Å². The summed E-state index contributed by atoms with van der Waals surface area (Å²) in [5.41, 5.74) is -0.678. The predicted octanol–water partition coefficient (Wildman–Crippen LogP) is 0.00160. The number of carboxylic acid groups (broad SMARTS) is 1. The SMILES string of the molecule is O=C(O)c1cn(N2C=C(Cl)N=CC2)c(=O)cn1. The van der Waals surface area contributed by atoms with Crippen LogP contribution in [0.5, 0.6) is 0 Å². The minimum Gasteiger partial charge on any atom is -0.476 e. The van der Waals surface area contributed by atoms with E-state index in [1.54, 1.807) is 0 Å². The third-order valence-corrected chi connectivity index (χ3v) is 2.21. The summed E-state index contributed by atoms with van der Waals surface area (Å²) < 4.78 is 1.12. The van der Waals surface area contributed by atoms with Crippen molar-refractivity contribution < 1.29 is 9.90 Å². The lowest BCUT2D eigenvalue weighted by Crippen LogP contribution is -2.40. The maximum Gasteiger partial charge on any atom is 0.356 e. The molecule has 17 heavy (non-hydrogen) atoms. The first-order valence-corrected chi connectivity index (χ1v) is 4.94. The molecule has 0 saturated carbocycles. The molecule has 1 aliphatic heterocycles. The van der Waals surface area contributed by atoms with Gasteiger partial charge in [0.1, 0.15) is 5.16 Å². The number of nitrogens with zero attached hydrogens (tertiary/aromatic N) is 4. The van der Waals surface area contributed by atoms with Gasteiger partial charge in [0, 0.05) is 6.21 Å². The van der Waals surface area contributed by atoms with Crippen molar-refractivity contribution in [3.05, 3.63) is 39.8 Å². The second-order valence-corrected chi connectivity index (χ2v) is 3.53. The van der Waals surface area contributed by atoms with Crippen LogP contribution in [0.25, 0.3) is 0 Å². The molecule has 1 N–H and O–H groups in total. The van der Waals surface area contributed by atoms with E-state index in [1.807, 2.05) is 0 Å². The Balaban J connectivity index is 2.45. The molecule has 1 aromatic rings. The Kier molecular flexibility index (Phi) is 2.92. The van der Waals surface area contributed by atoms with Crippen molar-refractivity contribution in [2.24, 2.45) is 4.99 Å². The van der Waals surface area contributed by atoms with Crippen LogP contribution in [0.4, 0.5) is 0 Å². The summed E-state index contributed by atoms with van der Waals surface area (Å²) in [6, 6.07) is 0. The van der Waals surface area contributed by atoms with Gasteiger partial charge >= 0.3 is 5.97 Å². The van der Waals surface area contributed by atoms with E-state index in [2.05, 4.69) is 9.98 Å². The van der Waals surface area contributed by atoms with Crippen LogP contribution in [0, 0.1) is 0 Å². The minimum absolute atomic E-state index is 0.205. The molecule has 2 rings (SSSR count). The number of aromatic carboxylic acids is 1. The molecule has 2 heterocycles. The van der Waals surface area contributed by atoms with Crippen molar-refractivity contribution >= 4 is 23.8 Å². The number of aliphatic imine (C=N–C) groups is 1. The van der Waals surface area contributed by atoms with E-state index in [1.165, 1.54) is 17.4 Å². The first kappa shape index (κ1) is 11.3. The Morgan fingerprint density at radius 1 is 1.53 bits per heavy atom. The molecule has 1 aromatic heterocycles. The lowest BCUT2D eigenvalue weighted by molar-refractivity contribution is 0.0689. The van der Waals surface area contributed by atoms with Crippen LogP contribution >= 0.6 is 11.6 Å². The van der Waals surface area contributed by atoms with Gasteiger partial charge in [0.2, 0.25) is 0 Å². The van der Waals surface area contributed by atoms with E-state index in [9.17, 15) is 9.59 Å². The maximum absolute atomic E-state index is 11.5. The summed E-state index contributed by atoms with van der Waals surface area (Å²) in [5.74, 6) is -1.21. The number of carboxylic acids is 1. The quantitative estimate of drug-likeness (QED) is 0.751. The number of hydrogen-bond acceptors (Lipinski definition) is 5. The highest BCUT2D eigenvalue weighted by Crippen LogP contribution is 2.07. The van der Waals surface area contributed by atoms with E-state index in [-0.39, 0.29) is 10.9 Å². The van der Waals surface area contributed by atoms with Gasteiger partial charge in [-0.1, -0.05) is 11.6 Å². The van der Waals surface area contributed by atoms with Crippen molar-refractivity contribution in [3.8, 4) is 0 Å². The number of halogens is 1. The Bertz CT molecular complexity index is 578. The second kappa shape index (κ2) is 4.38. The van der Waals surface area contributed by atoms with Crippen molar-refractivity contribution in [1.29, 1.82) is 0 Å². The molecule has 0 fully saturated rings. The molecule has 8 heteroatoms. The molecule has 0 radical (unpaired) electrons. The van der Waals surface area contributed by atoms with Gasteiger partial charge < -0.3 is 5.11 Å². The van der Waals surface area contributed by atoms with E-state index >= 15 is 0 Å². The molecule has 0 aromatic carbocycles. The third kappa shape index (κ3) is 2.34. The lowest BCUT2D eigenvalue weighted by atomic mass is 10.4. The van der Waals surface area contributed by atoms with Crippen molar-refractivity contribution in [2.45, 2.75) is 0 Å². The number of carbonyl (C=O) groups is 1. The van der Waals surface area contributed by atoms with Gasteiger partial charge in [0.05, 0.1) is 25.1 Å². The Morgan fingerprint density at radius 3 is 2.94 bits per heavy atom. The van der Waals surface area contributed by atoms with Gasteiger partial charge in [-0.2, -0.15) is 0 Å². The summed E-state index contributed by atoms with van der Waals surface area (Å²) in [4.78, 5) is 29.6.